The molecule has 0 fully saturated rings. The molecule has 0 aliphatic carbocycles. The molecule has 0 N–H and O–H groups in total. The van der Waals surface area contributed by atoms with Crippen molar-refractivity contribution in [1.82, 2.24) is 0 Å². The Hall–Kier alpha value is -8.58. The second kappa shape index (κ2) is 19.9. The molecule has 0 heterocycles. The van der Waals surface area contributed by atoms with E-state index in [1.807, 2.05) is 0 Å². The first-order chi connectivity index (χ1) is 32.7. The average Bonchev–Trinajstić information content (AvgIpc) is 3.40. The predicted octanol–water partition coefficient (Wildman–Crippen LogP) is 17.7. The first kappa shape index (κ1) is 41.4. The molecule has 312 valence electrons. The minimum absolute atomic E-state index is 1.15. The molecule has 0 atom stereocenters. The lowest BCUT2D eigenvalue weighted by molar-refractivity contribution is 1.53. The molecule has 0 aromatic heterocycles. The lowest BCUT2D eigenvalue weighted by Crippen LogP contribution is -1.91. The van der Waals surface area contributed by atoms with Gasteiger partial charge in [-0.2, -0.15) is 0 Å². The van der Waals surface area contributed by atoms with Crippen LogP contribution >= 0.6 is 0 Å². The molecule has 0 aliphatic heterocycles. The van der Waals surface area contributed by atoms with Crippen molar-refractivity contribution in [2.75, 3.05) is 0 Å². The maximum atomic E-state index is 2.34. The number of hydrogen-bond acceptors (Lipinski definition) is 0. The largest absolute Gasteiger partial charge is 0.0622 e. The third kappa shape index (κ3) is 9.50. The average molecular weight is 841 g/mol. The van der Waals surface area contributed by atoms with E-state index in [1.165, 1.54) is 72.0 Å². The zero-order valence-corrected chi connectivity index (χ0v) is 36.7. The zero-order chi connectivity index (χ0) is 44.3. The molecular weight excluding hydrogens is 793 g/mol. The number of rotatable bonds is 12. The Balaban J connectivity index is 1.01. The van der Waals surface area contributed by atoms with Gasteiger partial charge in [0.1, 0.15) is 0 Å². The number of fused-ring (bicyclic) bond motifs is 1. The highest BCUT2D eigenvalue weighted by atomic mass is 14.2. The van der Waals surface area contributed by atoms with Crippen LogP contribution in [0.15, 0.2) is 255 Å². The lowest BCUT2D eigenvalue weighted by Gasteiger charge is -2.12. The fourth-order valence-electron chi connectivity index (χ4n) is 8.74. The molecule has 0 aliphatic rings. The van der Waals surface area contributed by atoms with Crippen LogP contribution in [0.2, 0.25) is 0 Å². The van der Waals surface area contributed by atoms with Crippen LogP contribution in [-0.2, 0) is 0 Å². The molecule has 0 spiro atoms. The highest BCUT2D eigenvalue weighted by Gasteiger charge is 2.11. The molecular formula is C66H48. The fraction of sp³-hybridized carbons (Fsp3) is 0. The summed E-state index contributed by atoms with van der Waals surface area (Å²) in [6, 6.07) is 91.0. The van der Waals surface area contributed by atoms with E-state index < -0.39 is 0 Å². The minimum Gasteiger partial charge on any atom is -0.0622 e. The van der Waals surface area contributed by atoms with Crippen molar-refractivity contribution in [2.24, 2.45) is 0 Å². The molecule has 10 aromatic rings. The van der Waals surface area contributed by atoms with Crippen LogP contribution in [0.25, 0.3) is 80.6 Å². The van der Waals surface area contributed by atoms with Crippen molar-refractivity contribution in [2.45, 2.75) is 0 Å². The summed E-state index contributed by atoms with van der Waals surface area (Å²) in [7, 11) is 0. The standard InChI is InChI=1S/C66H48/c1-5-19-49(20-6-1)53-34-39-59(40-35-53)65(55-25-9-3-10-26-55)47-61-30-15-13-23-51(61)33-38-58-44-43-57-29-17-18-32-63(57)64(58)46-45-52-24-14-16-31-62(52)48-66(56-27-11-4-12-28-56)60-41-36-54(37-42-60)50-21-7-2-8-22-50/h1-48H/b38-33?,46-45?,65-47-,66-48-. The van der Waals surface area contributed by atoms with Crippen molar-refractivity contribution in [3.05, 3.63) is 310 Å². The Morgan fingerprint density at radius 1 is 0.227 bits per heavy atom. The fourth-order valence-corrected chi connectivity index (χ4v) is 8.74. The second-order valence-electron chi connectivity index (χ2n) is 16.4. The van der Waals surface area contributed by atoms with E-state index in [0.29, 0.717) is 0 Å². The van der Waals surface area contributed by atoms with Crippen LogP contribution in [-0.4, -0.2) is 0 Å². The van der Waals surface area contributed by atoms with Gasteiger partial charge in [0.05, 0.1) is 0 Å². The highest BCUT2D eigenvalue weighted by Crippen LogP contribution is 2.33. The van der Waals surface area contributed by atoms with E-state index in [1.54, 1.807) is 0 Å². The van der Waals surface area contributed by atoms with Gasteiger partial charge >= 0.3 is 0 Å². The quantitative estimate of drug-likeness (QED) is 0.108. The Labute approximate surface area is 389 Å². The molecule has 0 heteroatoms. The third-order valence-electron chi connectivity index (χ3n) is 12.2. The van der Waals surface area contributed by atoms with Gasteiger partial charge < -0.3 is 0 Å². The summed E-state index contributed by atoms with van der Waals surface area (Å²) >= 11 is 0. The SMILES string of the molecule is C(=Cc1ccc2ccccc2c1C=Cc1ccccc1/C=C(/c1ccccc1)c1ccc(-c2ccccc2)cc1)c1ccccc1/C=C(/c1ccccc1)c1ccc(-c2ccccc2)cc1. The maximum Gasteiger partial charge on any atom is -0.0105 e. The van der Waals surface area contributed by atoms with Crippen LogP contribution in [0.1, 0.15) is 55.6 Å². The van der Waals surface area contributed by atoms with Crippen LogP contribution in [0.3, 0.4) is 0 Å². The monoisotopic (exact) mass is 840 g/mol. The zero-order valence-electron chi connectivity index (χ0n) is 36.7. The maximum absolute atomic E-state index is 2.34. The van der Waals surface area contributed by atoms with E-state index in [4.69, 9.17) is 0 Å². The van der Waals surface area contributed by atoms with Gasteiger partial charge in [0.15, 0.2) is 0 Å². The van der Waals surface area contributed by atoms with Gasteiger partial charge in [-0.25, -0.2) is 0 Å². The summed E-state index contributed by atoms with van der Waals surface area (Å²) in [5.74, 6) is 0. The van der Waals surface area contributed by atoms with Gasteiger partial charge in [0.2, 0.25) is 0 Å². The normalized spacial score (nSPS) is 12.0. The predicted molar refractivity (Wildman–Crippen MR) is 285 cm³/mol. The molecule has 0 unspecified atom stereocenters. The van der Waals surface area contributed by atoms with Gasteiger partial charge in [0.25, 0.3) is 0 Å². The van der Waals surface area contributed by atoms with E-state index in [2.05, 4.69) is 291 Å². The second-order valence-corrected chi connectivity index (χ2v) is 16.4. The lowest BCUT2D eigenvalue weighted by atomic mass is 9.92. The first-order valence-electron chi connectivity index (χ1n) is 22.7. The van der Waals surface area contributed by atoms with Gasteiger partial charge in [0, 0.05) is 0 Å². The van der Waals surface area contributed by atoms with Gasteiger partial charge in [-0.1, -0.05) is 279 Å². The molecule has 10 aromatic carbocycles. The number of hydrogen-bond donors (Lipinski definition) is 0. The molecule has 66 heavy (non-hydrogen) atoms. The van der Waals surface area contributed by atoms with Gasteiger partial charge in [-0.15, -0.1) is 0 Å². The van der Waals surface area contributed by atoms with Gasteiger partial charge in [-0.05, 0) is 112 Å². The number of benzene rings is 10. The summed E-state index contributed by atoms with van der Waals surface area (Å²) in [5.41, 5.74) is 18.8. The Kier molecular flexibility index (Phi) is 12.5. The molecule has 0 bridgehead atoms. The van der Waals surface area contributed by atoms with Crippen molar-refractivity contribution < 1.29 is 0 Å². The smallest absolute Gasteiger partial charge is 0.0105 e. The Morgan fingerprint density at radius 3 is 1.06 bits per heavy atom. The molecule has 10 rings (SSSR count). The van der Waals surface area contributed by atoms with E-state index in [-0.39, 0.29) is 0 Å². The van der Waals surface area contributed by atoms with Gasteiger partial charge in [-0.3, -0.25) is 0 Å². The minimum atomic E-state index is 1.15. The third-order valence-corrected chi connectivity index (χ3v) is 12.2. The van der Waals surface area contributed by atoms with E-state index in [0.717, 1.165) is 27.8 Å². The molecule has 0 radical (unpaired) electrons. The summed E-state index contributed by atoms with van der Waals surface area (Å²) < 4.78 is 0. The molecule has 0 saturated heterocycles. The van der Waals surface area contributed by atoms with Crippen LogP contribution in [0.5, 0.6) is 0 Å². The molecule has 0 amide bonds. The highest BCUT2D eigenvalue weighted by molar-refractivity contribution is 6.00. The molecule has 0 saturated carbocycles. The van der Waals surface area contributed by atoms with E-state index >= 15 is 0 Å². The summed E-state index contributed by atoms with van der Waals surface area (Å²) in [6.07, 6.45) is 13.8. The first-order valence-corrected chi connectivity index (χ1v) is 22.7. The summed E-state index contributed by atoms with van der Waals surface area (Å²) in [5, 5.41) is 2.42. The summed E-state index contributed by atoms with van der Waals surface area (Å²) in [4.78, 5) is 0. The summed E-state index contributed by atoms with van der Waals surface area (Å²) in [6.45, 7) is 0. The molecule has 0 nitrogen and oxygen atoms in total. The van der Waals surface area contributed by atoms with Crippen LogP contribution in [0.4, 0.5) is 0 Å². The van der Waals surface area contributed by atoms with E-state index in [9.17, 15) is 0 Å². The van der Waals surface area contributed by atoms with Crippen molar-refractivity contribution in [3.63, 3.8) is 0 Å². The van der Waals surface area contributed by atoms with Crippen molar-refractivity contribution in [1.29, 1.82) is 0 Å². The topological polar surface area (TPSA) is 0 Å². The Morgan fingerprint density at radius 2 is 0.576 bits per heavy atom. The van der Waals surface area contributed by atoms with Crippen molar-refractivity contribution in [3.8, 4) is 22.3 Å². The van der Waals surface area contributed by atoms with Crippen LogP contribution in [0, 0.1) is 0 Å². The Bertz CT molecular complexity index is 3330. The van der Waals surface area contributed by atoms with Crippen molar-refractivity contribution >= 4 is 58.4 Å². The van der Waals surface area contributed by atoms with Crippen LogP contribution < -0.4 is 0 Å².